The number of benzene rings is 1. The van der Waals surface area contributed by atoms with Crippen LogP contribution in [0.5, 0.6) is 0 Å². The van der Waals surface area contributed by atoms with Gasteiger partial charge in [-0.25, -0.2) is 8.42 Å². The minimum absolute atomic E-state index is 0.172. The largest absolute Gasteiger partial charge is 0.326 e. The van der Waals surface area contributed by atoms with Crippen LogP contribution in [0.15, 0.2) is 29.2 Å². The Hall–Kier alpha value is -0.950. The summed E-state index contributed by atoms with van der Waals surface area (Å²) in [7, 11) is -1.10. The first-order chi connectivity index (χ1) is 9.92. The van der Waals surface area contributed by atoms with Crippen LogP contribution in [0.25, 0.3) is 0 Å². The Labute approximate surface area is 127 Å². The van der Waals surface area contributed by atoms with Crippen LogP contribution in [0.4, 0.5) is 0 Å². The summed E-state index contributed by atoms with van der Waals surface area (Å²) in [5.74, 6) is 0.172. The third-order valence-electron chi connectivity index (χ3n) is 4.24. The van der Waals surface area contributed by atoms with E-state index in [0.717, 1.165) is 25.2 Å². The van der Waals surface area contributed by atoms with Gasteiger partial charge in [0.15, 0.2) is 9.84 Å². The Morgan fingerprint density at radius 2 is 1.90 bits per heavy atom. The van der Waals surface area contributed by atoms with Crippen LogP contribution in [0.2, 0.25) is 0 Å². The van der Waals surface area contributed by atoms with Crippen molar-refractivity contribution < 1.29 is 8.42 Å². The van der Waals surface area contributed by atoms with Crippen molar-refractivity contribution in [3.05, 3.63) is 29.8 Å². The smallest absolute Gasteiger partial charge is 0.179 e. The average molecular weight is 311 g/mol. The molecule has 118 valence electrons. The normalized spacial score (nSPS) is 21.6. The minimum atomic E-state index is -3.21. The number of rotatable bonds is 5. The van der Waals surface area contributed by atoms with E-state index in [-0.39, 0.29) is 5.75 Å². The van der Waals surface area contributed by atoms with Gasteiger partial charge in [-0.3, -0.25) is 4.90 Å². The van der Waals surface area contributed by atoms with Crippen molar-refractivity contribution in [2.24, 2.45) is 5.73 Å². The van der Waals surface area contributed by atoms with E-state index in [0.29, 0.717) is 24.0 Å². The Morgan fingerprint density at radius 3 is 2.48 bits per heavy atom. The molecule has 0 spiro atoms. The van der Waals surface area contributed by atoms with E-state index < -0.39 is 9.84 Å². The first kappa shape index (κ1) is 16.4. The van der Waals surface area contributed by atoms with E-state index in [4.69, 9.17) is 5.73 Å². The highest BCUT2D eigenvalue weighted by molar-refractivity contribution is 7.91. The second kappa shape index (κ2) is 6.87. The first-order valence-electron chi connectivity index (χ1n) is 7.37. The third-order valence-corrected chi connectivity index (χ3v) is 5.95. The van der Waals surface area contributed by atoms with Crippen LogP contribution in [-0.2, 0) is 16.4 Å². The number of hydrogen-bond acceptors (Lipinski definition) is 5. The van der Waals surface area contributed by atoms with Crippen LogP contribution < -0.4 is 5.73 Å². The predicted octanol–water partition coefficient (Wildman–Crippen LogP) is 0.555. The number of hydrogen-bond donors (Lipinski definition) is 1. The van der Waals surface area contributed by atoms with E-state index in [9.17, 15) is 8.42 Å². The molecule has 0 radical (unpaired) electrons. The molecule has 1 aliphatic heterocycles. The molecule has 1 heterocycles. The molecule has 1 saturated heterocycles. The van der Waals surface area contributed by atoms with Crippen molar-refractivity contribution >= 4 is 9.84 Å². The third kappa shape index (κ3) is 4.26. The maximum absolute atomic E-state index is 12.4. The fraction of sp³-hybridized carbons (Fsp3) is 0.600. The van der Waals surface area contributed by atoms with Gasteiger partial charge in [0.05, 0.1) is 10.6 Å². The molecule has 0 aromatic heterocycles. The monoisotopic (exact) mass is 311 g/mol. The van der Waals surface area contributed by atoms with Crippen LogP contribution >= 0.6 is 0 Å². The summed E-state index contributed by atoms with van der Waals surface area (Å²) >= 11 is 0. The van der Waals surface area contributed by atoms with Crippen molar-refractivity contribution in [1.29, 1.82) is 0 Å². The van der Waals surface area contributed by atoms with Gasteiger partial charge in [-0.2, -0.15) is 0 Å². The van der Waals surface area contributed by atoms with Gasteiger partial charge in [0.1, 0.15) is 0 Å². The number of nitrogens with zero attached hydrogens (tertiary/aromatic N) is 2. The lowest BCUT2D eigenvalue weighted by Crippen LogP contribution is -2.50. The Kier molecular flexibility index (Phi) is 5.37. The summed E-state index contributed by atoms with van der Waals surface area (Å²) in [6, 6.07) is 7.36. The summed E-state index contributed by atoms with van der Waals surface area (Å²) < 4.78 is 24.7. The number of nitrogens with two attached hydrogens (primary N) is 1. The fourth-order valence-electron chi connectivity index (χ4n) is 2.53. The molecular formula is C15H25N3O2S. The summed E-state index contributed by atoms with van der Waals surface area (Å²) in [4.78, 5) is 4.93. The zero-order valence-electron chi connectivity index (χ0n) is 12.8. The molecule has 0 aliphatic carbocycles. The lowest BCUT2D eigenvalue weighted by molar-refractivity contribution is 0.110. The highest BCUT2D eigenvalue weighted by atomic mass is 32.2. The van der Waals surface area contributed by atoms with Crippen LogP contribution in [0.1, 0.15) is 12.5 Å². The summed E-state index contributed by atoms with van der Waals surface area (Å²) in [6.45, 7) is 6.05. The van der Waals surface area contributed by atoms with Crippen molar-refractivity contribution in [2.45, 2.75) is 24.4 Å². The quantitative estimate of drug-likeness (QED) is 0.860. The maximum Gasteiger partial charge on any atom is 0.179 e. The van der Waals surface area contributed by atoms with E-state index in [1.165, 1.54) is 0 Å². The highest BCUT2D eigenvalue weighted by Gasteiger charge is 2.22. The predicted molar refractivity (Wildman–Crippen MR) is 84.9 cm³/mol. The van der Waals surface area contributed by atoms with Crippen molar-refractivity contribution in [2.75, 3.05) is 39.0 Å². The molecule has 1 aliphatic rings. The minimum Gasteiger partial charge on any atom is -0.326 e. The van der Waals surface area contributed by atoms with Crippen molar-refractivity contribution in [1.82, 2.24) is 9.80 Å². The molecule has 2 N–H and O–H groups in total. The standard InChI is InChI=1S/C15H25N3O2S/c1-13-12-18(8-7-17(13)2)9-10-21(19,20)15-5-3-14(11-16)4-6-15/h3-6,13H,7-12,16H2,1-2H3. The average Bonchev–Trinajstić information content (AvgIpc) is 2.48. The summed E-state index contributed by atoms with van der Waals surface area (Å²) in [5, 5.41) is 0. The van der Waals surface area contributed by atoms with Gasteiger partial charge >= 0.3 is 0 Å². The molecule has 6 heteroatoms. The molecule has 0 saturated carbocycles. The molecule has 1 aromatic carbocycles. The fourth-order valence-corrected chi connectivity index (χ4v) is 3.81. The van der Waals surface area contributed by atoms with Gasteiger partial charge in [0, 0.05) is 38.8 Å². The molecule has 21 heavy (non-hydrogen) atoms. The summed E-state index contributed by atoms with van der Waals surface area (Å²) in [6.07, 6.45) is 0. The zero-order valence-corrected chi connectivity index (χ0v) is 13.6. The maximum atomic E-state index is 12.4. The lowest BCUT2D eigenvalue weighted by Gasteiger charge is -2.37. The van der Waals surface area contributed by atoms with Crippen LogP contribution in [-0.4, -0.2) is 63.2 Å². The number of piperazine rings is 1. The Balaban J connectivity index is 1.94. The SMILES string of the molecule is CC1CN(CCS(=O)(=O)c2ccc(CN)cc2)CCN1C. The van der Waals surface area contributed by atoms with Crippen molar-refractivity contribution in [3.8, 4) is 0 Å². The van der Waals surface area contributed by atoms with E-state index in [2.05, 4.69) is 23.8 Å². The second-order valence-electron chi connectivity index (χ2n) is 5.80. The van der Waals surface area contributed by atoms with Crippen LogP contribution in [0, 0.1) is 0 Å². The summed E-state index contributed by atoms with van der Waals surface area (Å²) in [5.41, 5.74) is 6.48. The van der Waals surface area contributed by atoms with Crippen LogP contribution in [0.3, 0.4) is 0 Å². The lowest BCUT2D eigenvalue weighted by atomic mass is 10.2. The molecule has 0 bridgehead atoms. The van der Waals surface area contributed by atoms with Gasteiger partial charge in [-0.05, 0) is 31.7 Å². The van der Waals surface area contributed by atoms with E-state index in [1.807, 2.05) is 0 Å². The number of sulfone groups is 1. The van der Waals surface area contributed by atoms with Crippen molar-refractivity contribution in [3.63, 3.8) is 0 Å². The molecule has 1 unspecified atom stereocenters. The van der Waals surface area contributed by atoms with Gasteiger partial charge in [0.25, 0.3) is 0 Å². The molecule has 0 amide bonds. The van der Waals surface area contributed by atoms with Gasteiger partial charge in [-0.1, -0.05) is 12.1 Å². The topological polar surface area (TPSA) is 66.6 Å². The zero-order chi connectivity index (χ0) is 15.5. The number of likely N-dealkylation sites (N-methyl/N-ethyl adjacent to an activating group) is 1. The molecule has 1 fully saturated rings. The molecule has 1 aromatic rings. The molecule has 2 rings (SSSR count). The van der Waals surface area contributed by atoms with Gasteiger partial charge < -0.3 is 10.6 Å². The second-order valence-corrected chi connectivity index (χ2v) is 7.91. The molecular weight excluding hydrogens is 286 g/mol. The molecule has 5 nitrogen and oxygen atoms in total. The van der Waals surface area contributed by atoms with Gasteiger partial charge in [0.2, 0.25) is 0 Å². The van der Waals surface area contributed by atoms with E-state index in [1.54, 1.807) is 24.3 Å². The highest BCUT2D eigenvalue weighted by Crippen LogP contribution is 2.14. The Bertz CT molecular complexity index is 557. The van der Waals surface area contributed by atoms with E-state index >= 15 is 0 Å². The Morgan fingerprint density at radius 1 is 1.24 bits per heavy atom. The first-order valence-corrected chi connectivity index (χ1v) is 9.02. The molecule has 1 atom stereocenters. The van der Waals surface area contributed by atoms with Gasteiger partial charge in [-0.15, -0.1) is 0 Å².